The van der Waals surface area contributed by atoms with Gasteiger partial charge in [-0.25, -0.2) is 0 Å². The van der Waals surface area contributed by atoms with Crippen molar-refractivity contribution in [2.24, 2.45) is 0 Å². The Labute approximate surface area is 140 Å². The molecule has 0 bridgehead atoms. The average molecular weight is 327 g/mol. The molecule has 1 saturated heterocycles. The maximum Gasteiger partial charge on any atom is 0.133 e. The predicted octanol–water partition coefficient (Wildman–Crippen LogP) is 6.92. The number of hydrogen-bond acceptors (Lipinski definition) is 1. The van der Waals surface area contributed by atoms with Gasteiger partial charge in [0.15, 0.2) is 0 Å². The molecule has 22 heavy (non-hydrogen) atoms. The van der Waals surface area contributed by atoms with Crippen LogP contribution >= 0.6 is 7.92 Å². The fraction of sp³-hybridized carbons (Fsp3) is 0.950. The lowest BCUT2D eigenvalue weighted by atomic mass is 9.97. The van der Waals surface area contributed by atoms with Gasteiger partial charge in [0, 0.05) is 12.8 Å². The summed E-state index contributed by atoms with van der Waals surface area (Å²) in [4.78, 5) is 12.3. The Morgan fingerprint density at radius 3 is 2.18 bits per heavy atom. The van der Waals surface area contributed by atoms with E-state index in [1.807, 2.05) is 0 Å². The molecule has 0 radical (unpaired) electrons. The molecule has 1 fully saturated rings. The van der Waals surface area contributed by atoms with Gasteiger partial charge in [0.1, 0.15) is 5.78 Å². The lowest BCUT2D eigenvalue weighted by Gasteiger charge is -2.54. The zero-order valence-electron chi connectivity index (χ0n) is 16.2. The number of unbranched alkanes of at least 4 members (excludes halogenated alkanes) is 2. The summed E-state index contributed by atoms with van der Waals surface area (Å²) in [6.45, 7) is 16.8. The Morgan fingerprint density at radius 2 is 1.64 bits per heavy atom. The second-order valence-corrected chi connectivity index (χ2v) is 13.1. The fourth-order valence-electron chi connectivity index (χ4n) is 5.13. The molecule has 2 atom stereocenters. The van der Waals surface area contributed by atoms with Gasteiger partial charge in [-0.3, -0.25) is 4.79 Å². The van der Waals surface area contributed by atoms with Crippen molar-refractivity contribution in [3.63, 3.8) is 0 Å². The highest BCUT2D eigenvalue weighted by molar-refractivity contribution is 7.62. The summed E-state index contributed by atoms with van der Waals surface area (Å²) in [6, 6.07) is 0. The van der Waals surface area contributed by atoms with Crippen molar-refractivity contribution in [3.05, 3.63) is 0 Å². The van der Waals surface area contributed by atoms with Crippen LogP contribution in [-0.2, 0) is 4.79 Å². The minimum absolute atomic E-state index is 0.183. The van der Waals surface area contributed by atoms with E-state index in [0.717, 1.165) is 19.3 Å². The number of rotatable bonds is 7. The molecular weight excluding hydrogens is 287 g/mol. The Balaban J connectivity index is 3.17. The van der Waals surface area contributed by atoms with E-state index in [2.05, 4.69) is 48.5 Å². The third kappa shape index (κ3) is 4.80. The van der Waals surface area contributed by atoms with Crippen LogP contribution in [0.15, 0.2) is 0 Å². The monoisotopic (exact) mass is 326 g/mol. The molecule has 2 unspecified atom stereocenters. The summed E-state index contributed by atoms with van der Waals surface area (Å²) >= 11 is 0. The maximum atomic E-state index is 12.3. The van der Waals surface area contributed by atoms with Crippen molar-refractivity contribution < 1.29 is 4.79 Å². The van der Waals surface area contributed by atoms with Crippen molar-refractivity contribution in [3.8, 4) is 0 Å². The van der Waals surface area contributed by atoms with Gasteiger partial charge in [0.2, 0.25) is 0 Å². The lowest BCUT2D eigenvalue weighted by molar-refractivity contribution is -0.119. The van der Waals surface area contributed by atoms with E-state index in [4.69, 9.17) is 0 Å². The lowest BCUT2D eigenvalue weighted by Crippen LogP contribution is -2.40. The van der Waals surface area contributed by atoms with Crippen molar-refractivity contribution in [2.75, 3.05) is 0 Å². The SMILES string of the molecule is CCCCCC(C)(CCC)P1C(C)(C)CCC(=O)CC1(C)C. The summed E-state index contributed by atoms with van der Waals surface area (Å²) in [5.41, 5.74) is 0. The highest BCUT2D eigenvalue weighted by Gasteiger charge is 2.51. The number of Topliss-reactive ketones (excluding diaryl/α,β-unsaturated/α-hetero) is 1. The summed E-state index contributed by atoms with van der Waals surface area (Å²) in [5.74, 6) is 0.496. The van der Waals surface area contributed by atoms with Crippen molar-refractivity contribution in [2.45, 2.75) is 122 Å². The molecule has 0 saturated carbocycles. The van der Waals surface area contributed by atoms with E-state index in [-0.39, 0.29) is 13.1 Å². The van der Waals surface area contributed by atoms with Crippen molar-refractivity contribution >= 4 is 13.7 Å². The van der Waals surface area contributed by atoms with E-state index < -0.39 is 0 Å². The molecule has 1 aliphatic rings. The van der Waals surface area contributed by atoms with Crippen LogP contribution in [0.1, 0.15) is 106 Å². The van der Waals surface area contributed by atoms with Crippen molar-refractivity contribution in [1.82, 2.24) is 0 Å². The first-order chi connectivity index (χ1) is 10.1. The summed E-state index contributed by atoms with van der Waals surface area (Å²) in [5, 5.41) is 0.931. The summed E-state index contributed by atoms with van der Waals surface area (Å²) in [6.07, 6.45) is 10.6. The van der Waals surface area contributed by atoms with Crippen LogP contribution in [0.3, 0.4) is 0 Å². The van der Waals surface area contributed by atoms with E-state index in [0.29, 0.717) is 16.1 Å². The highest BCUT2D eigenvalue weighted by Crippen LogP contribution is 2.72. The molecule has 0 aromatic carbocycles. The smallest absolute Gasteiger partial charge is 0.133 e. The summed E-state index contributed by atoms with van der Waals surface area (Å²) in [7, 11) is -0.200. The average Bonchev–Trinajstić information content (AvgIpc) is 2.43. The van der Waals surface area contributed by atoms with Crippen LogP contribution in [0, 0.1) is 0 Å². The van der Waals surface area contributed by atoms with Crippen LogP contribution in [-0.4, -0.2) is 21.3 Å². The molecule has 0 N–H and O–H groups in total. The van der Waals surface area contributed by atoms with E-state index in [9.17, 15) is 4.79 Å². The molecule has 130 valence electrons. The first kappa shape index (κ1) is 20.1. The Morgan fingerprint density at radius 1 is 1.00 bits per heavy atom. The van der Waals surface area contributed by atoms with Gasteiger partial charge < -0.3 is 0 Å². The Kier molecular flexibility index (Phi) is 7.12. The van der Waals surface area contributed by atoms with E-state index >= 15 is 0 Å². The third-order valence-corrected chi connectivity index (χ3v) is 9.83. The number of carbonyl (C=O) groups is 1. The number of ketones is 1. The van der Waals surface area contributed by atoms with Gasteiger partial charge in [-0.2, -0.15) is 0 Å². The molecule has 1 rings (SSSR count). The van der Waals surface area contributed by atoms with E-state index in [1.165, 1.54) is 38.5 Å². The van der Waals surface area contributed by atoms with Crippen LogP contribution in [0.25, 0.3) is 0 Å². The van der Waals surface area contributed by atoms with Gasteiger partial charge >= 0.3 is 0 Å². The first-order valence-electron chi connectivity index (χ1n) is 9.41. The zero-order valence-corrected chi connectivity index (χ0v) is 17.1. The van der Waals surface area contributed by atoms with Gasteiger partial charge in [0.25, 0.3) is 0 Å². The largest absolute Gasteiger partial charge is 0.300 e. The predicted molar refractivity (Wildman–Crippen MR) is 101 cm³/mol. The molecule has 0 amide bonds. The van der Waals surface area contributed by atoms with Gasteiger partial charge in [0.05, 0.1) is 0 Å². The minimum atomic E-state index is -0.200. The molecular formula is C20H39OP. The van der Waals surface area contributed by atoms with Gasteiger partial charge in [-0.1, -0.05) is 82.1 Å². The maximum absolute atomic E-state index is 12.3. The molecule has 2 heteroatoms. The molecule has 0 aromatic heterocycles. The molecule has 1 heterocycles. The second-order valence-electron chi connectivity index (χ2n) is 8.88. The van der Waals surface area contributed by atoms with Crippen LogP contribution in [0.5, 0.6) is 0 Å². The second kappa shape index (κ2) is 7.78. The number of hydrogen-bond donors (Lipinski definition) is 0. The normalized spacial score (nSPS) is 27.2. The molecule has 1 aliphatic heterocycles. The highest BCUT2D eigenvalue weighted by atomic mass is 31.1. The Bertz CT molecular complexity index is 372. The molecule has 0 aromatic rings. The topological polar surface area (TPSA) is 17.1 Å². The van der Waals surface area contributed by atoms with Crippen LogP contribution < -0.4 is 0 Å². The quantitative estimate of drug-likeness (QED) is 0.366. The number of carbonyl (C=O) groups excluding carboxylic acids is 1. The van der Waals surface area contributed by atoms with Crippen LogP contribution in [0.2, 0.25) is 0 Å². The third-order valence-electron chi connectivity index (χ3n) is 5.50. The Hall–Kier alpha value is 0.100. The zero-order chi connectivity index (χ0) is 17.0. The summed E-state index contributed by atoms with van der Waals surface area (Å²) < 4.78 is 0. The van der Waals surface area contributed by atoms with E-state index in [1.54, 1.807) is 0 Å². The minimum Gasteiger partial charge on any atom is -0.300 e. The fourth-order valence-corrected chi connectivity index (χ4v) is 11.2. The van der Waals surface area contributed by atoms with Crippen molar-refractivity contribution in [1.29, 1.82) is 0 Å². The van der Waals surface area contributed by atoms with Crippen LogP contribution in [0.4, 0.5) is 0 Å². The van der Waals surface area contributed by atoms with Gasteiger partial charge in [-0.05, 0) is 34.7 Å². The molecule has 0 spiro atoms. The van der Waals surface area contributed by atoms with Gasteiger partial charge in [-0.15, -0.1) is 0 Å². The standard InChI is InChI=1S/C20H39OP/c1-8-10-11-14-20(7,13-9-2)22-18(3,4)15-12-17(21)16-19(22,5)6/h8-16H2,1-7H3. The molecule has 0 aliphatic carbocycles. The molecule has 1 nitrogen and oxygen atoms in total. The first-order valence-corrected chi connectivity index (χ1v) is 10.8.